The van der Waals surface area contributed by atoms with Gasteiger partial charge in [-0.1, -0.05) is 40.2 Å². The van der Waals surface area contributed by atoms with Gasteiger partial charge in [-0.25, -0.2) is 0 Å². The standard InChI is InChI=1S/C29H25BrN2O5/c1-36-21-5-3-4-18(14-21)27(33)25-26(17-6-8-20(30)9-7-17)32(29(35)28(25)34)13-12-19-16-31-24-11-10-22(37-2)15-23(19)24/h3-11,14-16,26,31,33H,12-13H2,1-2H3/t26-/m0/s1. The van der Waals surface area contributed by atoms with Crippen LogP contribution in [0.3, 0.4) is 0 Å². The van der Waals surface area contributed by atoms with Crippen LogP contribution in [0, 0.1) is 0 Å². The summed E-state index contributed by atoms with van der Waals surface area (Å²) < 4.78 is 11.5. The Hall–Kier alpha value is -4.04. The van der Waals surface area contributed by atoms with Crippen LogP contribution in [0.25, 0.3) is 16.7 Å². The predicted molar refractivity (Wildman–Crippen MR) is 145 cm³/mol. The zero-order chi connectivity index (χ0) is 26.1. The molecule has 0 radical (unpaired) electrons. The third kappa shape index (κ3) is 4.60. The van der Waals surface area contributed by atoms with Crippen molar-refractivity contribution in [1.82, 2.24) is 9.88 Å². The molecule has 188 valence electrons. The van der Waals surface area contributed by atoms with Gasteiger partial charge in [-0.2, -0.15) is 0 Å². The van der Waals surface area contributed by atoms with E-state index in [4.69, 9.17) is 9.47 Å². The minimum atomic E-state index is -0.737. The van der Waals surface area contributed by atoms with E-state index >= 15 is 0 Å². The maximum absolute atomic E-state index is 13.3. The Morgan fingerprint density at radius 1 is 1.00 bits per heavy atom. The molecule has 1 atom stereocenters. The van der Waals surface area contributed by atoms with Crippen molar-refractivity contribution in [3.63, 3.8) is 0 Å². The highest BCUT2D eigenvalue weighted by Gasteiger charge is 2.45. The quantitative estimate of drug-likeness (QED) is 0.174. The number of aliphatic hydroxyl groups excluding tert-OH is 1. The second kappa shape index (κ2) is 10.1. The maximum atomic E-state index is 13.3. The lowest BCUT2D eigenvalue weighted by molar-refractivity contribution is -0.139. The predicted octanol–water partition coefficient (Wildman–Crippen LogP) is 5.61. The number of Topliss-reactive ketones (excluding diaryl/α,β-unsaturated/α-hetero) is 1. The largest absolute Gasteiger partial charge is 0.507 e. The monoisotopic (exact) mass is 560 g/mol. The molecule has 1 amide bonds. The SMILES string of the molecule is COc1cccc(C(O)=C2C(=O)C(=O)N(CCc3c[nH]c4ccc(OC)cc34)[C@H]2c2ccc(Br)cc2)c1. The maximum Gasteiger partial charge on any atom is 0.295 e. The second-order valence-corrected chi connectivity index (χ2v) is 9.67. The number of nitrogens with zero attached hydrogens (tertiary/aromatic N) is 1. The smallest absolute Gasteiger partial charge is 0.295 e. The first kappa shape index (κ1) is 24.6. The van der Waals surface area contributed by atoms with Crippen molar-refractivity contribution in [3.05, 3.63) is 99.7 Å². The van der Waals surface area contributed by atoms with Crippen LogP contribution in [-0.2, 0) is 16.0 Å². The first-order valence-electron chi connectivity index (χ1n) is 11.7. The van der Waals surface area contributed by atoms with Gasteiger partial charge < -0.3 is 24.5 Å². The van der Waals surface area contributed by atoms with Gasteiger partial charge in [-0.05, 0) is 60.0 Å². The van der Waals surface area contributed by atoms with E-state index in [1.807, 2.05) is 48.7 Å². The molecule has 37 heavy (non-hydrogen) atoms. The highest BCUT2D eigenvalue weighted by atomic mass is 79.9. The van der Waals surface area contributed by atoms with Crippen LogP contribution < -0.4 is 9.47 Å². The van der Waals surface area contributed by atoms with Gasteiger partial charge >= 0.3 is 0 Å². The summed E-state index contributed by atoms with van der Waals surface area (Å²) in [4.78, 5) is 31.4. The van der Waals surface area contributed by atoms with Crippen molar-refractivity contribution in [2.24, 2.45) is 0 Å². The van der Waals surface area contributed by atoms with Gasteiger partial charge in [0.25, 0.3) is 11.7 Å². The Bertz CT molecular complexity index is 1520. The molecule has 4 aromatic rings. The number of H-pyrrole nitrogens is 1. The Morgan fingerprint density at radius 2 is 1.73 bits per heavy atom. The summed E-state index contributed by atoms with van der Waals surface area (Å²) in [6.07, 6.45) is 2.41. The minimum Gasteiger partial charge on any atom is -0.507 e. The van der Waals surface area contributed by atoms with E-state index in [1.54, 1.807) is 31.4 Å². The summed E-state index contributed by atoms with van der Waals surface area (Å²) in [5.41, 5.74) is 3.15. The molecule has 1 aliphatic rings. The number of benzene rings is 3. The molecule has 8 heteroatoms. The van der Waals surface area contributed by atoms with Gasteiger partial charge in [0.05, 0.1) is 25.8 Å². The van der Waals surface area contributed by atoms with E-state index in [0.29, 0.717) is 17.7 Å². The molecular formula is C29H25BrN2O5. The van der Waals surface area contributed by atoms with E-state index in [1.165, 1.54) is 12.0 Å². The van der Waals surface area contributed by atoms with Crippen molar-refractivity contribution in [3.8, 4) is 11.5 Å². The minimum absolute atomic E-state index is 0.0566. The molecule has 7 nitrogen and oxygen atoms in total. The zero-order valence-electron chi connectivity index (χ0n) is 20.3. The number of ketones is 1. The molecule has 1 saturated heterocycles. The highest BCUT2D eigenvalue weighted by molar-refractivity contribution is 9.10. The Balaban J connectivity index is 1.56. The lowest BCUT2D eigenvalue weighted by Gasteiger charge is -2.25. The van der Waals surface area contributed by atoms with Gasteiger partial charge in [0.1, 0.15) is 17.3 Å². The number of hydrogen-bond acceptors (Lipinski definition) is 5. The van der Waals surface area contributed by atoms with Crippen molar-refractivity contribution in [2.75, 3.05) is 20.8 Å². The summed E-state index contributed by atoms with van der Waals surface area (Å²) >= 11 is 3.44. The highest BCUT2D eigenvalue weighted by Crippen LogP contribution is 2.40. The number of likely N-dealkylation sites (tertiary alicyclic amines) is 1. The molecule has 1 fully saturated rings. The number of amides is 1. The van der Waals surface area contributed by atoms with E-state index in [-0.39, 0.29) is 17.9 Å². The Morgan fingerprint density at radius 3 is 2.46 bits per heavy atom. The van der Waals surface area contributed by atoms with Gasteiger partial charge in [0, 0.05) is 33.7 Å². The number of nitrogens with one attached hydrogen (secondary N) is 1. The van der Waals surface area contributed by atoms with Crippen molar-refractivity contribution < 1.29 is 24.2 Å². The Labute approximate surface area is 222 Å². The molecule has 0 saturated carbocycles. The third-order valence-electron chi connectivity index (χ3n) is 6.67. The molecule has 1 aromatic heterocycles. The molecule has 5 rings (SSSR count). The molecule has 3 aromatic carbocycles. The molecule has 0 bridgehead atoms. The number of halogens is 1. The average molecular weight is 561 g/mol. The van der Waals surface area contributed by atoms with Crippen LogP contribution in [0.5, 0.6) is 11.5 Å². The summed E-state index contributed by atoms with van der Waals surface area (Å²) in [5, 5.41) is 12.3. The number of rotatable bonds is 7. The van der Waals surface area contributed by atoms with Crippen molar-refractivity contribution in [1.29, 1.82) is 0 Å². The van der Waals surface area contributed by atoms with Gasteiger partial charge in [-0.3, -0.25) is 9.59 Å². The van der Waals surface area contributed by atoms with Crippen LogP contribution in [0.2, 0.25) is 0 Å². The summed E-state index contributed by atoms with van der Waals surface area (Å²) in [6, 6.07) is 19.2. The molecule has 2 N–H and O–H groups in total. The molecule has 0 aliphatic carbocycles. The lowest BCUT2D eigenvalue weighted by atomic mass is 9.95. The number of ether oxygens (including phenoxy) is 2. The number of aromatic amines is 1. The Kier molecular flexibility index (Phi) is 6.76. The van der Waals surface area contributed by atoms with E-state index < -0.39 is 17.7 Å². The fraction of sp³-hybridized carbons (Fsp3) is 0.172. The van der Waals surface area contributed by atoms with Crippen molar-refractivity contribution >= 4 is 44.3 Å². The third-order valence-corrected chi connectivity index (χ3v) is 7.19. The van der Waals surface area contributed by atoms with Gasteiger partial charge in [-0.15, -0.1) is 0 Å². The van der Waals surface area contributed by atoms with Gasteiger partial charge in [0.2, 0.25) is 0 Å². The number of aromatic nitrogens is 1. The lowest BCUT2D eigenvalue weighted by Crippen LogP contribution is -2.31. The fourth-order valence-electron chi connectivity index (χ4n) is 4.76. The number of hydrogen-bond donors (Lipinski definition) is 2. The average Bonchev–Trinajstić information content (AvgIpc) is 3.44. The number of methoxy groups -OCH3 is 2. The van der Waals surface area contributed by atoms with E-state index in [0.717, 1.165) is 32.3 Å². The van der Waals surface area contributed by atoms with Crippen molar-refractivity contribution in [2.45, 2.75) is 12.5 Å². The number of carbonyl (C=O) groups is 2. The van der Waals surface area contributed by atoms with Crippen LogP contribution >= 0.6 is 15.9 Å². The van der Waals surface area contributed by atoms with E-state index in [9.17, 15) is 14.7 Å². The topological polar surface area (TPSA) is 91.9 Å². The molecule has 0 spiro atoms. The first-order valence-corrected chi connectivity index (χ1v) is 12.5. The van der Waals surface area contributed by atoms with Crippen LogP contribution in [0.4, 0.5) is 0 Å². The normalized spacial score (nSPS) is 16.9. The molecule has 1 aliphatic heterocycles. The number of carbonyl (C=O) groups excluding carboxylic acids is 2. The molecule has 2 heterocycles. The zero-order valence-corrected chi connectivity index (χ0v) is 21.9. The number of fused-ring (bicyclic) bond motifs is 1. The summed E-state index contributed by atoms with van der Waals surface area (Å²) in [5.74, 6) is -0.316. The second-order valence-electron chi connectivity index (χ2n) is 8.75. The van der Waals surface area contributed by atoms with Crippen LogP contribution in [0.15, 0.2) is 83.0 Å². The van der Waals surface area contributed by atoms with Gasteiger partial charge in [0.15, 0.2) is 0 Å². The van der Waals surface area contributed by atoms with E-state index in [2.05, 4.69) is 20.9 Å². The molecule has 0 unspecified atom stereocenters. The summed E-state index contributed by atoms with van der Waals surface area (Å²) in [7, 11) is 3.15. The fourth-order valence-corrected chi connectivity index (χ4v) is 5.02. The molecular weight excluding hydrogens is 536 g/mol. The first-order chi connectivity index (χ1) is 17.9. The summed E-state index contributed by atoms with van der Waals surface area (Å²) in [6.45, 7) is 0.282. The van der Waals surface area contributed by atoms with Crippen LogP contribution in [-0.4, -0.2) is 47.4 Å². The van der Waals surface area contributed by atoms with Crippen LogP contribution in [0.1, 0.15) is 22.7 Å². The number of aliphatic hydroxyl groups is 1.